The van der Waals surface area contributed by atoms with Gasteiger partial charge in [0.1, 0.15) is 13.2 Å². The lowest BCUT2D eigenvalue weighted by Crippen LogP contribution is -2.30. The minimum absolute atomic E-state index is 0.138. The number of hydrogen-bond donors (Lipinski definition) is 0. The number of esters is 3. The van der Waals surface area contributed by atoms with E-state index in [1.807, 2.05) is 48.6 Å². The molecule has 1 atom stereocenters. The number of carbonyl (C=O) groups is 3. The second-order valence-electron chi connectivity index (χ2n) is 14.7. The van der Waals surface area contributed by atoms with Gasteiger partial charge in [-0.05, 0) is 96.3 Å². The average Bonchev–Trinajstić information content (AvgIpc) is 3.26. The third kappa shape index (κ3) is 46.2. The minimum atomic E-state index is -0.846. The van der Waals surface area contributed by atoms with Gasteiger partial charge in [0.25, 0.3) is 0 Å². The maximum atomic E-state index is 12.7. The zero-order valence-corrected chi connectivity index (χ0v) is 38.4. The molecule has 0 bridgehead atoms. The molecule has 0 aromatic rings. The Balaban J connectivity index is 4.58. The molecule has 6 nitrogen and oxygen atoms in total. The van der Waals surface area contributed by atoms with Crippen molar-refractivity contribution in [2.75, 3.05) is 13.2 Å². The van der Waals surface area contributed by atoms with Crippen LogP contribution in [0.3, 0.4) is 0 Å². The summed E-state index contributed by atoms with van der Waals surface area (Å²) in [4.78, 5) is 37.7. The van der Waals surface area contributed by atoms with Crippen LogP contribution in [0.2, 0.25) is 0 Å². The third-order valence-corrected chi connectivity index (χ3v) is 8.93. The van der Waals surface area contributed by atoms with Crippen molar-refractivity contribution >= 4 is 17.9 Å². The van der Waals surface area contributed by atoms with Crippen LogP contribution >= 0.6 is 0 Å². The normalized spacial score (nSPS) is 13.4. The van der Waals surface area contributed by atoms with Crippen molar-refractivity contribution in [3.8, 4) is 0 Å². The van der Waals surface area contributed by atoms with Crippen molar-refractivity contribution in [1.29, 1.82) is 0 Å². The molecule has 0 aliphatic carbocycles. The Labute approximate surface area is 372 Å². The average molecular weight is 839 g/mol. The highest BCUT2D eigenvalue weighted by Gasteiger charge is 2.19. The number of unbranched alkanes of at least 4 members (excludes halogenated alkanes) is 8. The fraction of sp³-hybridized carbons (Fsp3) is 0.509. The highest BCUT2D eigenvalue weighted by atomic mass is 16.6. The predicted molar refractivity (Wildman–Crippen MR) is 260 cm³/mol. The molecule has 338 valence electrons. The Hall–Kier alpha value is -4.71. The summed E-state index contributed by atoms with van der Waals surface area (Å²) in [5, 5.41) is 0. The molecule has 0 aromatic carbocycles. The lowest BCUT2D eigenvalue weighted by Gasteiger charge is -2.18. The van der Waals surface area contributed by atoms with Crippen LogP contribution < -0.4 is 0 Å². The van der Waals surface area contributed by atoms with Crippen LogP contribution in [-0.2, 0) is 28.6 Å². The molecular weight excluding hydrogens is 757 g/mol. The standard InChI is InChI=1S/C55H82O6/c1-4-7-10-13-16-19-21-23-25-27-28-30-31-33-36-39-42-45-48-54(57)60-51-52(50-59-53(56)47-44-41-38-35-18-15-12-9-6-3)61-55(58)49-46-43-40-37-34-32-29-26-24-22-20-17-14-11-8-5-2/h8-13,16-21,23-28,30,32,34-35,40,43,52H,4-7,14-15,22,29,31,33,36-39,41-42,44-51H2,1-3H3/b11-8-,12-9-,13-10-,19-16-,20-17-,23-21-,26-24-,27-25-,30-28-,34-32-,35-18-,43-40-. The Morgan fingerprint density at radius 3 is 1.25 bits per heavy atom. The van der Waals surface area contributed by atoms with Gasteiger partial charge in [-0.1, -0.05) is 192 Å². The van der Waals surface area contributed by atoms with E-state index < -0.39 is 12.1 Å². The van der Waals surface area contributed by atoms with Crippen LogP contribution in [0.15, 0.2) is 146 Å². The second kappa shape index (κ2) is 48.0. The first-order valence-electron chi connectivity index (χ1n) is 23.4. The van der Waals surface area contributed by atoms with Gasteiger partial charge in [0.2, 0.25) is 0 Å². The molecule has 61 heavy (non-hydrogen) atoms. The maximum absolute atomic E-state index is 12.7. The van der Waals surface area contributed by atoms with Crippen molar-refractivity contribution in [1.82, 2.24) is 0 Å². The molecule has 0 saturated heterocycles. The van der Waals surface area contributed by atoms with Crippen LogP contribution in [0.4, 0.5) is 0 Å². The summed E-state index contributed by atoms with van der Waals surface area (Å²) < 4.78 is 16.6. The van der Waals surface area contributed by atoms with Gasteiger partial charge in [-0.25, -0.2) is 0 Å². The predicted octanol–water partition coefficient (Wildman–Crippen LogP) is 15.3. The molecule has 1 unspecified atom stereocenters. The highest BCUT2D eigenvalue weighted by molar-refractivity contribution is 5.71. The zero-order valence-electron chi connectivity index (χ0n) is 38.4. The fourth-order valence-corrected chi connectivity index (χ4v) is 5.50. The van der Waals surface area contributed by atoms with Crippen molar-refractivity contribution < 1.29 is 28.6 Å². The van der Waals surface area contributed by atoms with Crippen molar-refractivity contribution in [3.05, 3.63) is 146 Å². The van der Waals surface area contributed by atoms with Crippen molar-refractivity contribution in [3.63, 3.8) is 0 Å². The van der Waals surface area contributed by atoms with Gasteiger partial charge in [-0.3, -0.25) is 14.4 Å². The Kier molecular flexibility index (Phi) is 44.3. The van der Waals surface area contributed by atoms with Crippen LogP contribution in [0.5, 0.6) is 0 Å². The van der Waals surface area contributed by atoms with Gasteiger partial charge in [0.05, 0.1) is 0 Å². The van der Waals surface area contributed by atoms with Crippen molar-refractivity contribution in [2.45, 2.75) is 168 Å². The topological polar surface area (TPSA) is 78.9 Å². The first kappa shape index (κ1) is 56.3. The Morgan fingerprint density at radius 2 is 0.738 bits per heavy atom. The molecule has 0 amide bonds. The summed E-state index contributed by atoms with van der Waals surface area (Å²) in [6.45, 7) is 6.15. The van der Waals surface area contributed by atoms with Crippen LogP contribution in [0.1, 0.15) is 162 Å². The number of rotatable bonds is 39. The smallest absolute Gasteiger partial charge is 0.306 e. The molecule has 0 aliphatic heterocycles. The summed E-state index contributed by atoms with van der Waals surface area (Å²) in [7, 11) is 0. The first-order chi connectivity index (χ1) is 30.0. The van der Waals surface area contributed by atoms with Gasteiger partial charge < -0.3 is 14.2 Å². The molecule has 0 aliphatic rings. The fourth-order valence-electron chi connectivity index (χ4n) is 5.50. The molecule has 0 aromatic heterocycles. The Bertz CT molecular complexity index is 1430. The van der Waals surface area contributed by atoms with Crippen LogP contribution in [-0.4, -0.2) is 37.2 Å². The monoisotopic (exact) mass is 839 g/mol. The molecule has 0 rings (SSSR count). The molecule has 0 fully saturated rings. The Morgan fingerprint density at radius 1 is 0.361 bits per heavy atom. The molecule has 0 radical (unpaired) electrons. The maximum Gasteiger partial charge on any atom is 0.306 e. The molecule has 6 heteroatoms. The van der Waals surface area contributed by atoms with E-state index in [4.69, 9.17) is 14.2 Å². The number of hydrogen-bond acceptors (Lipinski definition) is 6. The minimum Gasteiger partial charge on any atom is -0.462 e. The largest absolute Gasteiger partial charge is 0.462 e. The SMILES string of the molecule is CC/C=C\C/C=C\C/C=C\C/C=C\C/C=C\CCC(=O)OC(COC(=O)CCCC/C=C\C/C=C\CC)COC(=O)CCCCCCC\C=C/C=C\C=C/C=C\C=C/CCC. The lowest BCUT2D eigenvalue weighted by molar-refractivity contribution is -0.166. The van der Waals surface area contributed by atoms with E-state index in [1.54, 1.807) is 0 Å². The quantitative estimate of drug-likeness (QED) is 0.0202. The van der Waals surface area contributed by atoms with E-state index in [9.17, 15) is 14.4 Å². The zero-order chi connectivity index (χ0) is 44.4. The molecule has 0 spiro atoms. The first-order valence-corrected chi connectivity index (χ1v) is 23.4. The van der Waals surface area contributed by atoms with Gasteiger partial charge in [0.15, 0.2) is 6.10 Å². The van der Waals surface area contributed by atoms with Crippen LogP contribution in [0, 0.1) is 0 Å². The van der Waals surface area contributed by atoms with Gasteiger partial charge in [-0.2, -0.15) is 0 Å². The lowest BCUT2D eigenvalue weighted by atomic mass is 10.1. The van der Waals surface area contributed by atoms with Gasteiger partial charge >= 0.3 is 17.9 Å². The summed E-state index contributed by atoms with van der Waals surface area (Å²) in [6, 6.07) is 0. The molecule has 0 N–H and O–H groups in total. The summed E-state index contributed by atoms with van der Waals surface area (Å²) in [6.07, 6.45) is 68.5. The molecule has 0 heterocycles. The summed E-state index contributed by atoms with van der Waals surface area (Å²) in [5.41, 5.74) is 0. The van der Waals surface area contributed by atoms with E-state index in [0.717, 1.165) is 103 Å². The number of ether oxygens (including phenoxy) is 3. The van der Waals surface area contributed by atoms with Crippen LogP contribution in [0.25, 0.3) is 0 Å². The number of allylic oxidation sites excluding steroid dienone is 24. The van der Waals surface area contributed by atoms with E-state index in [2.05, 4.69) is 118 Å². The highest BCUT2D eigenvalue weighted by Crippen LogP contribution is 2.10. The third-order valence-electron chi connectivity index (χ3n) is 8.93. The summed E-state index contributed by atoms with van der Waals surface area (Å²) in [5.74, 6) is -1.10. The van der Waals surface area contributed by atoms with E-state index >= 15 is 0 Å². The summed E-state index contributed by atoms with van der Waals surface area (Å²) >= 11 is 0. The molecule has 0 saturated carbocycles. The van der Waals surface area contributed by atoms with Gasteiger partial charge in [0, 0.05) is 19.3 Å². The van der Waals surface area contributed by atoms with E-state index in [-0.39, 0.29) is 38.0 Å². The van der Waals surface area contributed by atoms with E-state index in [1.165, 1.54) is 6.42 Å². The second-order valence-corrected chi connectivity index (χ2v) is 14.7. The molecular formula is C55H82O6. The van der Waals surface area contributed by atoms with Gasteiger partial charge in [-0.15, -0.1) is 0 Å². The number of carbonyl (C=O) groups excluding carboxylic acids is 3. The van der Waals surface area contributed by atoms with E-state index in [0.29, 0.717) is 19.3 Å². The van der Waals surface area contributed by atoms with Crippen molar-refractivity contribution in [2.24, 2.45) is 0 Å².